The minimum Gasteiger partial charge on any atom is -0.341 e. The second kappa shape index (κ2) is 4.57. The van der Waals surface area contributed by atoms with Gasteiger partial charge in [-0.25, -0.2) is 8.42 Å². The van der Waals surface area contributed by atoms with Gasteiger partial charge in [-0.15, -0.1) is 0 Å². The molecule has 2 rings (SSSR count). The number of rotatable bonds is 1. The van der Waals surface area contributed by atoms with Crippen LogP contribution >= 0.6 is 0 Å². The summed E-state index contributed by atoms with van der Waals surface area (Å²) in [6.45, 7) is 3.35. The fraction of sp³-hybridized carbons (Fsp3) is 0.909. The van der Waals surface area contributed by atoms with Crippen LogP contribution in [0.1, 0.15) is 19.8 Å². The monoisotopic (exact) mass is 260 g/mol. The summed E-state index contributed by atoms with van der Waals surface area (Å²) in [7, 11) is -2.98. The molecule has 2 saturated heterocycles. The Balaban J connectivity index is 2.00. The molecule has 0 saturated carbocycles. The third-order valence-electron chi connectivity index (χ3n) is 3.59. The number of carbonyl (C=O) groups is 1. The van der Waals surface area contributed by atoms with Crippen LogP contribution in [0.15, 0.2) is 0 Å². The second-order valence-corrected chi connectivity index (χ2v) is 7.67. The first kappa shape index (κ1) is 12.8. The van der Waals surface area contributed by atoms with Crippen molar-refractivity contribution in [3.8, 4) is 0 Å². The summed E-state index contributed by atoms with van der Waals surface area (Å²) in [4.78, 5) is 13.9. The van der Waals surface area contributed by atoms with E-state index in [-0.39, 0.29) is 29.4 Å². The lowest BCUT2D eigenvalue weighted by Gasteiger charge is -2.36. The molecule has 0 aliphatic carbocycles. The Morgan fingerprint density at radius 3 is 2.59 bits per heavy atom. The van der Waals surface area contributed by atoms with Crippen molar-refractivity contribution in [2.75, 3.05) is 24.6 Å². The normalized spacial score (nSPS) is 37.1. The zero-order valence-electron chi connectivity index (χ0n) is 10.1. The van der Waals surface area contributed by atoms with Gasteiger partial charge in [0.1, 0.15) is 0 Å². The molecule has 5 nitrogen and oxygen atoms in total. The first-order valence-corrected chi connectivity index (χ1v) is 7.94. The summed E-state index contributed by atoms with van der Waals surface area (Å²) in [5, 5.41) is 0. The predicted octanol–water partition coefficient (Wildman–Crippen LogP) is -0.383. The van der Waals surface area contributed by atoms with Gasteiger partial charge in [-0.3, -0.25) is 4.79 Å². The fourth-order valence-electron chi connectivity index (χ4n) is 2.83. The molecule has 2 heterocycles. The van der Waals surface area contributed by atoms with E-state index in [2.05, 4.69) is 6.92 Å². The highest BCUT2D eigenvalue weighted by molar-refractivity contribution is 7.91. The number of amides is 1. The Morgan fingerprint density at radius 2 is 2.06 bits per heavy atom. The third kappa shape index (κ3) is 2.98. The van der Waals surface area contributed by atoms with Crippen LogP contribution in [0.4, 0.5) is 0 Å². The van der Waals surface area contributed by atoms with Crippen LogP contribution in [-0.4, -0.2) is 49.9 Å². The topological polar surface area (TPSA) is 80.5 Å². The molecule has 0 aromatic rings. The standard InChI is InChI=1S/C11H20N2O3S/c1-8-4-10(12)6-13(5-8)11(14)9-2-3-17(15,16)7-9/h8-10H,2-7,12H2,1H3. The fourth-order valence-corrected chi connectivity index (χ4v) is 4.56. The largest absolute Gasteiger partial charge is 0.341 e. The van der Waals surface area contributed by atoms with Gasteiger partial charge in [0.05, 0.1) is 17.4 Å². The maximum atomic E-state index is 12.2. The van der Waals surface area contributed by atoms with Crippen LogP contribution < -0.4 is 5.73 Å². The number of nitrogens with two attached hydrogens (primary N) is 1. The van der Waals surface area contributed by atoms with Crippen molar-refractivity contribution in [2.24, 2.45) is 17.6 Å². The lowest BCUT2D eigenvalue weighted by Crippen LogP contribution is -2.50. The number of nitrogens with zero attached hydrogens (tertiary/aromatic N) is 1. The molecular formula is C11H20N2O3S. The molecule has 0 radical (unpaired) electrons. The number of hydrogen-bond donors (Lipinski definition) is 1. The molecule has 2 fully saturated rings. The summed E-state index contributed by atoms with van der Waals surface area (Å²) in [5.41, 5.74) is 5.89. The van der Waals surface area contributed by atoms with Crippen LogP contribution in [0, 0.1) is 11.8 Å². The van der Waals surface area contributed by atoms with Gasteiger partial charge in [0.25, 0.3) is 0 Å². The summed E-state index contributed by atoms with van der Waals surface area (Å²) in [6, 6.07) is 0.0284. The zero-order valence-corrected chi connectivity index (χ0v) is 10.9. The Morgan fingerprint density at radius 1 is 1.35 bits per heavy atom. The molecule has 0 bridgehead atoms. The zero-order chi connectivity index (χ0) is 12.6. The Labute approximate surface area is 102 Å². The number of sulfone groups is 1. The van der Waals surface area contributed by atoms with Crippen molar-refractivity contribution in [3.05, 3.63) is 0 Å². The van der Waals surface area contributed by atoms with Gasteiger partial charge < -0.3 is 10.6 Å². The molecule has 17 heavy (non-hydrogen) atoms. The molecule has 0 aromatic heterocycles. The van der Waals surface area contributed by atoms with Gasteiger partial charge in [0.2, 0.25) is 5.91 Å². The van der Waals surface area contributed by atoms with Crippen LogP contribution in [0.5, 0.6) is 0 Å². The highest BCUT2D eigenvalue weighted by Crippen LogP contribution is 2.23. The number of carbonyl (C=O) groups excluding carboxylic acids is 1. The van der Waals surface area contributed by atoms with E-state index in [1.807, 2.05) is 0 Å². The van der Waals surface area contributed by atoms with Crippen molar-refractivity contribution in [2.45, 2.75) is 25.8 Å². The van der Waals surface area contributed by atoms with E-state index in [1.54, 1.807) is 4.90 Å². The molecule has 6 heteroatoms. The minimum absolute atomic E-state index is 0.0198. The van der Waals surface area contributed by atoms with Gasteiger partial charge >= 0.3 is 0 Å². The van der Waals surface area contributed by atoms with E-state index in [1.165, 1.54) is 0 Å². The van der Waals surface area contributed by atoms with Crippen LogP contribution in [0.2, 0.25) is 0 Å². The highest BCUT2D eigenvalue weighted by atomic mass is 32.2. The van der Waals surface area contributed by atoms with Gasteiger partial charge in [0, 0.05) is 19.1 Å². The second-order valence-electron chi connectivity index (χ2n) is 5.44. The van der Waals surface area contributed by atoms with E-state index < -0.39 is 9.84 Å². The Bertz CT molecular complexity index is 397. The van der Waals surface area contributed by atoms with E-state index in [0.29, 0.717) is 25.4 Å². The van der Waals surface area contributed by atoms with Crippen molar-refractivity contribution in [1.29, 1.82) is 0 Å². The van der Waals surface area contributed by atoms with Gasteiger partial charge in [-0.2, -0.15) is 0 Å². The first-order chi connectivity index (χ1) is 7.87. The quantitative estimate of drug-likeness (QED) is 0.696. The van der Waals surface area contributed by atoms with E-state index in [0.717, 1.165) is 6.42 Å². The first-order valence-electron chi connectivity index (χ1n) is 6.12. The highest BCUT2D eigenvalue weighted by Gasteiger charge is 2.37. The van der Waals surface area contributed by atoms with E-state index in [4.69, 9.17) is 5.73 Å². The lowest BCUT2D eigenvalue weighted by molar-refractivity contribution is -0.136. The number of hydrogen-bond acceptors (Lipinski definition) is 4. The predicted molar refractivity (Wildman–Crippen MR) is 65.1 cm³/mol. The minimum atomic E-state index is -2.98. The molecule has 2 aliphatic heterocycles. The molecular weight excluding hydrogens is 240 g/mol. The van der Waals surface area contributed by atoms with E-state index in [9.17, 15) is 13.2 Å². The van der Waals surface area contributed by atoms with Crippen molar-refractivity contribution < 1.29 is 13.2 Å². The summed E-state index contributed by atoms with van der Waals surface area (Å²) in [5.74, 6) is 0.219. The van der Waals surface area contributed by atoms with E-state index >= 15 is 0 Å². The molecule has 98 valence electrons. The molecule has 3 unspecified atom stereocenters. The lowest BCUT2D eigenvalue weighted by atomic mass is 9.95. The molecule has 0 aromatic carbocycles. The average Bonchev–Trinajstić information content (AvgIpc) is 2.56. The van der Waals surface area contributed by atoms with Crippen molar-refractivity contribution >= 4 is 15.7 Å². The third-order valence-corrected chi connectivity index (χ3v) is 5.35. The maximum Gasteiger partial charge on any atom is 0.226 e. The van der Waals surface area contributed by atoms with Crippen LogP contribution in [0.25, 0.3) is 0 Å². The average molecular weight is 260 g/mol. The summed E-state index contributed by atoms with van der Waals surface area (Å²) in [6.07, 6.45) is 1.41. The van der Waals surface area contributed by atoms with Crippen LogP contribution in [-0.2, 0) is 14.6 Å². The molecule has 3 atom stereocenters. The number of piperidine rings is 1. The smallest absolute Gasteiger partial charge is 0.226 e. The maximum absolute atomic E-state index is 12.2. The molecule has 0 spiro atoms. The molecule has 2 aliphatic rings. The van der Waals surface area contributed by atoms with Gasteiger partial charge in [-0.1, -0.05) is 6.92 Å². The summed E-state index contributed by atoms with van der Waals surface area (Å²) < 4.78 is 22.7. The van der Waals surface area contributed by atoms with Gasteiger partial charge in [0.15, 0.2) is 9.84 Å². The van der Waals surface area contributed by atoms with Crippen LogP contribution in [0.3, 0.4) is 0 Å². The summed E-state index contributed by atoms with van der Waals surface area (Å²) >= 11 is 0. The van der Waals surface area contributed by atoms with Crippen molar-refractivity contribution in [1.82, 2.24) is 4.90 Å². The SMILES string of the molecule is CC1CC(N)CN(C(=O)C2CCS(=O)(=O)C2)C1. The van der Waals surface area contributed by atoms with Crippen molar-refractivity contribution in [3.63, 3.8) is 0 Å². The Kier molecular flexibility index (Phi) is 3.45. The van der Waals surface area contributed by atoms with Gasteiger partial charge in [-0.05, 0) is 18.8 Å². The molecule has 2 N–H and O–H groups in total. The molecule has 1 amide bonds. The Hall–Kier alpha value is -0.620. The number of likely N-dealkylation sites (tertiary alicyclic amines) is 1.